The van der Waals surface area contributed by atoms with Crippen LogP contribution in [0, 0.1) is 0 Å². The molecule has 0 aliphatic carbocycles. The van der Waals surface area contributed by atoms with Crippen LogP contribution < -0.4 is 5.32 Å². The Morgan fingerprint density at radius 3 is 3.06 bits per heavy atom. The van der Waals surface area contributed by atoms with Crippen LogP contribution in [0.1, 0.15) is 30.9 Å². The number of rotatable bonds is 5. The van der Waals surface area contributed by atoms with Gasteiger partial charge in [-0.25, -0.2) is 13.4 Å². The summed E-state index contributed by atoms with van der Waals surface area (Å²) >= 11 is 0. The van der Waals surface area contributed by atoms with E-state index in [1.165, 1.54) is 0 Å². The molecule has 1 aromatic rings. The number of hydrogen-bond acceptors (Lipinski definition) is 5. The predicted molar refractivity (Wildman–Crippen MR) is 69.3 cm³/mol. The van der Waals surface area contributed by atoms with Crippen molar-refractivity contribution >= 4 is 9.84 Å². The zero-order valence-electron chi connectivity index (χ0n) is 10.7. The van der Waals surface area contributed by atoms with E-state index in [1.54, 1.807) is 6.20 Å². The standard InChI is InChI=1S/C12H20N2O3S/c1-13-6-5-10-9-14-12(17-10)8-11-4-2-3-7-18(11,15)16/h9,11,13H,2-8H2,1H3. The minimum Gasteiger partial charge on any atom is -0.446 e. The lowest BCUT2D eigenvalue weighted by molar-refractivity contribution is 0.436. The molecule has 0 saturated carbocycles. The smallest absolute Gasteiger partial charge is 0.195 e. The average molecular weight is 272 g/mol. The minimum atomic E-state index is -2.94. The van der Waals surface area contributed by atoms with Gasteiger partial charge < -0.3 is 9.73 Å². The largest absolute Gasteiger partial charge is 0.446 e. The van der Waals surface area contributed by atoms with Crippen LogP contribution in [0.3, 0.4) is 0 Å². The molecule has 0 amide bonds. The number of nitrogens with zero attached hydrogens (tertiary/aromatic N) is 1. The van der Waals surface area contributed by atoms with E-state index >= 15 is 0 Å². The third kappa shape index (κ3) is 3.32. The first-order valence-corrected chi connectivity index (χ1v) is 8.13. The highest BCUT2D eigenvalue weighted by Crippen LogP contribution is 2.22. The van der Waals surface area contributed by atoms with Crippen LogP contribution in [0.4, 0.5) is 0 Å². The van der Waals surface area contributed by atoms with E-state index in [-0.39, 0.29) is 5.25 Å². The topological polar surface area (TPSA) is 72.2 Å². The lowest BCUT2D eigenvalue weighted by atomic mass is 10.1. The Hall–Kier alpha value is -0.880. The molecule has 1 N–H and O–H groups in total. The second kappa shape index (κ2) is 5.84. The van der Waals surface area contributed by atoms with Crippen LogP contribution in [-0.4, -0.2) is 38.0 Å². The van der Waals surface area contributed by atoms with Crippen molar-refractivity contribution in [1.82, 2.24) is 10.3 Å². The van der Waals surface area contributed by atoms with Crippen LogP contribution in [-0.2, 0) is 22.7 Å². The molecule has 0 radical (unpaired) electrons. The van der Waals surface area contributed by atoms with E-state index in [2.05, 4.69) is 10.3 Å². The van der Waals surface area contributed by atoms with Gasteiger partial charge in [-0.05, 0) is 19.9 Å². The maximum Gasteiger partial charge on any atom is 0.195 e. The number of nitrogens with one attached hydrogen (secondary N) is 1. The number of aromatic nitrogens is 1. The van der Waals surface area contributed by atoms with Crippen molar-refractivity contribution in [2.75, 3.05) is 19.3 Å². The second-order valence-corrected chi connectivity index (χ2v) is 7.16. The zero-order valence-corrected chi connectivity index (χ0v) is 11.5. The first-order valence-electron chi connectivity index (χ1n) is 6.41. The average Bonchev–Trinajstić information content (AvgIpc) is 2.77. The number of hydrogen-bond donors (Lipinski definition) is 1. The maximum atomic E-state index is 11.9. The van der Waals surface area contributed by atoms with E-state index in [0.717, 1.165) is 38.0 Å². The number of sulfone groups is 1. The SMILES string of the molecule is CNCCc1cnc(CC2CCCCS2(=O)=O)o1. The molecular weight excluding hydrogens is 252 g/mol. The summed E-state index contributed by atoms with van der Waals surface area (Å²) < 4.78 is 29.3. The summed E-state index contributed by atoms with van der Waals surface area (Å²) in [7, 11) is -1.06. The van der Waals surface area contributed by atoms with Gasteiger partial charge in [-0.1, -0.05) is 6.42 Å². The first-order chi connectivity index (χ1) is 8.62. The Labute approximate surface area is 108 Å². The molecule has 0 bridgehead atoms. The predicted octanol–water partition coefficient (Wildman–Crippen LogP) is 0.946. The van der Waals surface area contributed by atoms with Gasteiger partial charge in [0.2, 0.25) is 0 Å². The maximum absolute atomic E-state index is 11.9. The molecule has 1 aliphatic rings. The fourth-order valence-corrected chi connectivity index (χ4v) is 4.11. The van der Waals surface area contributed by atoms with Crippen molar-refractivity contribution < 1.29 is 12.8 Å². The van der Waals surface area contributed by atoms with Crippen molar-refractivity contribution in [3.63, 3.8) is 0 Å². The molecule has 2 heterocycles. The molecule has 102 valence electrons. The van der Waals surface area contributed by atoms with Gasteiger partial charge >= 0.3 is 0 Å². The Kier molecular flexibility index (Phi) is 4.40. The van der Waals surface area contributed by atoms with E-state index in [4.69, 9.17) is 4.42 Å². The molecule has 1 unspecified atom stereocenters. The van der Waals surface area contributed by atoms with E-state index in [0.29, 0.717) is 18.1 Å². The molecule has 1 aliphatic heterocycles. The van der Waals surface area contributed by atoms with Gasteiger partial charge in [0.1, 0.15) is 5.76 Å². The van der Waals surface area contributed by atoms with Gasteiger partial charge in [0.25, 0.3) is 0 Å². The van der Waals surface area contributed by atoms with Crippen molar-refractivity contribution in [3.8, 4) is 0 Å². The van der Waals surface area contributed by atoms with Crippen molar-refractivity contribution in [3.05, 3.63) is 17.8 Å². The van der Waals surface area contributed by atoms with E-state index in [9.17, 15) is 8.42 Å². The lowest BCUT2D eigenvalue weighted by Gasteiger charge is -2.20. The van der Waals surface area contributed by atoms with Gasteiger partial charge in [0.15, 0.2) is 15.7 Å². The van der Waals surface area contributed by atoms with Gasteiger partial charge in [0, 0.05) is 19.4 Å². The zero-order chi connectivity index (χ0) is 13.0. The van der Waals surface area contributed by atoms with Gasteiger partial charge in [0.05, 0.1) is 17.2 Å². The van der Waals surface area contributed by atoms with Crippen LogP contribution >= 0.6 is 0 Å². The van der Waals surface area contributed by atoms with Gasteiger partial charge in [-0.15, -0.1) is 0 Å². The van der Waals surface area contributed by atoms with Gasteiger partial charge in [-0.3, -0.25) is 0 Å². The molecule has 0 aromatic carbocycles. The Morgan fingerprint density at radius 1 is 1.50 bits per heavy atom. The molecular formula is C12H20N2O3S. The molecule has 0 spiro atoms. The summed E-state index contributed by atoms with van der Waals surface area (Å²) in [5.41, 5.74) is 0. The molecule has 1 atom stereocenters. The monoisotopic (exact) mass is 272 g/mol. The number of oxazole rings is 1. The fourth-order valence-electron chi connectivity index (χ4n) is 2.25. The summed E-state index contributed by atoms with van der Waals surface area (Å²) in [6, 6.07) is 0. The minimum absolute atomic E-state index is 0.304. The van der Waals surface area contributed by atoms with Crippen LogP contribution in [0.5, 0.6) is 0 Å². The molecule has 5 nitrogen and oxygen atoms in total. The summed E-state index contributed by atoms with van der Waals surface area (Å²) in [4.78, 5) is 4.17. The Bertz CT molecular complexity index is 481. The highest BCUT2D eigenvalue weighted by Gasteiger charge is 2.30. The summed E-state index contributed by atoms with van der Waals surface area (Å²) in [5, 5.41) is 2.73. The molecule has 1 fully saturated rings. The van der Waals surface area contributed by atoms with Crippen LogP contribution in [0.25, 0.3) is 0 Å². The number of likely N-dealkylation sites (N-methyl/N-ethyl adjacent to an activating group) is 1. The normalized spacial score (nSPS) is 23.1. The van der Waals surface area contributed by atoms with Crippen LogP contribution in [0.2, 0.25) is 0 Å². The third-order valence-electron chi connectivity index (χ3n) is 3.34. The van der Waals surface area contributed by atoms with E-state index in [1.807, 2.05) is 7.05 Å². The molecule has 2 rings (SSSR count). The molecule has 18 heavy (non-hydrogen) atoms. The van der Waals surface area contributed by atoms with Crippen LogP contribution in [0.15, 0.2) is 10.6 Å². The quantitative estimate of drug-likeness (QED) is 0.864. The van der Waals surface area contributed by atoms with E-state index < -0.39 is 9.84 Å². The highest BCUT2D eigenvalue weighted by atomic mass is 32.2. The van der Waals surface area contributed by atoms with Crippen molar-refractivity contribution in [2.45, 2.75) is 37.4 Å². The Balaban J connectivity index is 1.98. The van der Waals surface area contributed by atoms with Gasteiger partial charge in [-0.2, -0.15) is 0 Å². The second-order valence-electron chi connectivity index (χ2n) is 4.76. The summed E-state index contributed by atoms with van der Waals surface area (Å²) in [5.74, 6) is 1.68. The van der Waals surface area contributed by atoms with Crippen molar-refractivity contribution in [1.29, 1.82) is 0 Å². The van der Waals surface area contributed by atoms with Crippen molar-refractivity contribution in [2.24, 2.45) is 0 Å². The Morgan fingerprint density at radius 2 is 2.33 bits per heavy atom. The third-order valence-corrected chi connectivity index (χ3v) is 5.61. The first kappa shape index (κ1) is 13.5. The molecule has 1 saturated heterocycles. The molecule has 1 aromatic heterocycles. The molecule has 6 heteroatoms. The summed E-state index contributed by atoms with van der Waals surface area (Å²) in [6.45, 7) is 0.830. The highest BCUT2D eigenvalue weighted by molar-refractivity contribution is 7.92. The summed E-state index contributed by atoms with van der Waals surface area (Å²) in [6.07, 6.45) is 5.40. The lowest BCUT2D eigenvalue weighted by Crippen LogP contribution is -2.30. The fraction of sp³-hybridized carbons (Fsp3) is 0.750.